The quantitative estimate of drug-likeness (QED) is 0.639. The lowest BCUT2D eigenvalue weighted by atomic mass is 9.64. The largest absolute Gasteiger partial charge is 0.304 e. The second kappa shape index (κ2) is 3.91. The Hall–Kier alpha value is -0.340. The van der Waals surface area contributed by atoms with E-state index in [9.17, 15) is 0 Å². The number of piperazine rings is 1. The predicted molar refractivity (Wildman–Crippen MR) is 64.9 cm³/mol. The molecule has 1 heterocycles. The van der Waals surface area contributed by atoms with Crippen LogP contribution in [0.3, 0.4) is 0 Å². The molecule has 2 aliphatic rings. The van der Waals surface area contributed by atoms with Crippen molar-refractivity contribution in [1.82, 2.24) is 9.80 Å². The number of rotatable bonds is 2. The second-order valence-corrected chi connectivity index (χ2v) is 5.53. The van der Waals surface area contributed by atoms with Crippen molar-refractivity contribution in [3.05, 3.63) is 12.2 Å². The first-order valence-corrected chi connectivity index (χ1v) is 6.16. The highest BCUT2D eigenvalue weighted by atomic mass is 15.3. The molecule has 0 aromatic heterocycles. The fraction of sp³-hybridized carbons (Fsp3) is 0.846. The van der Waals surface area contributed by atoms with Crippen LogP contribution in [0.1, 0.15) is 20.8 Å². The molecule has 1 saturated heterocycles. The van der Waals surface area contributed by atoms with Crippen molar-refractivity contribution in [1.29, 1.82) is 0 Å². The van der Waals surface area contributed by atoms with Gasteiger partial charge >= 0.3 is 0 Å². The Morgan fingerprint density at radius 2 is 1.87 bits per heavy atom. The fourth-order valence-electron chi connectivity index (χ4n) is 2.71. The molecular weight excluding hydrogens is 184 g/mol. The maximum absolute atomic E-state index is 2.65. The first-order valence-electron chi connectivity index (χ1n) is 6.16. The lowest BCUT2D eigenvalue weighted by Gasteiger charge is -2.50. The van der Waals surface area contributed by atoms with Crippen molar-refractivity contribution in [2.45, 2.75) is 26.8 Å². The number of allylic oxidation sites excluding steroid dienone is 1. The van der Waals surface area contributed by atoms with Crippen LogP contribution in [0.2, 0.25) is 0 Å². The van der Waals surface area contributed by atoms with E-state index < -0.39 is 0 Å². The molecule has 2 rings (SSSR count). The summed E-state index contributed by atoms with van der Waals surface area (Å²) in [7, 11) is 2.22. The van der Waals surface area contributed by atoms with Crippen LogP contribution >= 0.6 is 0 Å². The average Bonchev–Trinajstić information content (AvgIpc) is 2.26. The lowest BCUT2D eigenvalue weighted by molar-refractivity contribution is 0.0433. The van der Waals surface area contributed by atoms with Crippen LogP contribution in [0, 0.1) is 11.3 Å². The van der Waals surface area contributed by atoms with Gasteiger partial charge in [0.2, 0.25) is 0 Å². The molecule has 1 aliphatic heterocycles. The van der Waals surface area contributed by atoms with Crippen LogP contribution in [-0.4, -0.2) is 49.1 Å². The van der Waals surface area contributed by atoms with E-state index in [4.69, 9.17) is 0 Å². The molecule has 0 aromatic rings. The Morgan fingerprint density at radius 1 is 1.27 bits per heavy atom. The van der Waals surface area contributed by atoms with Crippen molar-refractivity contribution >= 4 is 0 Å². The highest BCUT2D eigenvalue weighted by Crippen LogP contribution is 2.43. The summed E-state index contributed by atoms with van der Waals surface area (Å²) in [6.07, 6.45) is 4.74. The smallest absolute Gasteiger partial charge is 0.0162 e. The van der Waals surface area contributed by atoms with Crippen LogP contribution in [0.5, 0.6) is 0 Å². The molecule has 2 heteroatoms. The molecule has 0 radical (unpaired) electrons. The number of likely N-dealkylation sites (N-methyl/N-ethyl adjacent to an activating group) is 1. The van der Waals surface area contributed by atoms with Crippen molar-refractivity contribution in [2.75, 3.05) is 33.2 Å². The molecule has 3 atom stereocenters. The third-order valence-corrected chi connectivity index (χ3v) is 4.71. The third kappa shape index (κ3) is 1.85. The summed E-state index contributed by atoms with van der Waals surface area (Å²) in [5.74, 6) is 0.743. The molecule has 0 saturated carbocycles. The molecule has 0 spiro atoms. The maximum Gasteiger partial charge on any atom is 0.0162 e. The molecule has 1 aliphatic carbocycles. The van der Waals surface area contributed by atoms with E-state index >= 15 is 0 Å². The predicted octanol–water partition coefficient (Wildman–Crippen LogP) is 1.83. The summed E-state index contributed by atoms with van der Waals surface area (Å²) in [6, 6.07) is 0.686. The summed E-state index contributed by atoms with van der Waals surface area (Å²) in [6.45, 7) is 12.0. The van der Waals surface area contributed by atoms with E-state index in [1.165, 1.54) is 26.2 Å². The molecule has 0 N–H and O–H groups in total. The lowest BCUT2D eigenvalue weighted by Crippen LogP contribution is -2.55. The van der Waals surface area contributed by atoms with Crippen LogP contribution in [0.25, 0.3) is 0 Å². The Morgan fingerprint density at radius 3 is 2.27 bits per heavy atom. The first-order chi connectivity index (χ1) is 7.04. The van der Waals surface area contributed by atoms with E-state index in [-0.39, 0.29) is 0 Å². The highest BCUT2D eigenvalue weighted by molar-refractivity contribution is 5.19. The minimum Gasteiger partial charge on any atom is -0.304 e. The van der Waals surface area contributed by atoms with E-state index in [0.717, 1.165) is 5.92 Å². The minimum atomic E-state index is 0.413. The Kier molecular flexibility index (Phi) is 2.91. The van der Waals surface area contributed by atoms with Gasteiger partial charge in [0.1, 0.15) is 0 Å². The zero-order chi connectivity index (χ0) is 11.1. The molecule has 1 unspecified atom stereocenters. The number of hydrogen-bond donors (Lipinski definition) is 0. The molecule has 1 fully saturated rings. The van der Waals surface area contributed by atoms with Gasteiger partial charge in [-0.25, -0.2) is 0 Å². The van der Waals surface area contributed by atoms with E-state index in [2.05, 4.69) is 49.8 Å². The zero-order valence-corrected chi connectivity index (χ0v) is 10.5. The summed E-state index contributed by atoms with van der Waals surface area (Å²) >= 11 is 0. The van der Waals surface area contributed by atoms with Gasteiger partial charge in [0.25, 0.3) is 0 Å². The minimum absolute atomic E-state index is 0.413. The zero-order valence-electron chi connectivity index (χ0n) is 10.5. The van der Waals surface area contributed by atoms with Crippen molar-refractivity contribution < 1.29 is 0 Å². The fourth-order valence-corrected chi connectivity index (χ4v) is 2.71. The van der Waals surface area contributed by atoms with Crippen LogP contribution in [0.15, 0.2) is 12.2 Å². The highest BCUT2D eigenvalue weighted by Gasteiger charge is 2.41. The van der Waals surface area contributed by atoms with Crippen molar-refractivity contribution in [2.24, 2.45) is 11.3 Å². The maximum atomic E-state index is 2.65. The summed E-state index contributed by atoms with van der Waals surface area (Å²) < 4.78 is 0. The Bertz CT molecular complexity index is 253. The van der Waals surface area contributed by atoms with E-state index in [0.29, 0.717) is 11.5 Å². The summed E-state index contributed by atoms with van der Waals surface area (Å²) in [4.78, 5) is 5.07. The summed E-state index contributed by atoms with van der Waals surface area (Å²) in [5, 5.41) is 0. The van der Waals surface area contributed by atoms with E-state index in [1.54, 1.807) is 0 Å². The Balaban J connectivity index is 1.97. The van der Waals surface area contributed by atoms with E-state index in [1.807, 2.05) is 0 Å². The summed E-state index contributed by atoms with van der Waals surface area (Å²) in [5.41, 5.74) is 0.413. The van der Waals surface area contributed by atoms with Gasteiger partial charge < -0.3 is 4.90 Å². The normalized spacial score (nSPS) is 40.1. The van der Waals surface area contributed by atoms with Gasteiger partial charge in [-0.05, 0) is 19.9 Å². The van der Waals surface area contributed by atoms with Crippen LogP contribution in [0.4, 0.5) is 0 Å². The standard InChI is InChI=1S/C13H24N2/c1-11-5-6-13(11,3)12(2)15-9-7-14(4)8-10-15/h5-6,11-12H,7-10H2,1-4H3/t11?,12-,13-/m1/s1. The molecule has 2 nitrogen and oxygen atoms in total. The monoisotopic (exact) mass is 208 g/mol. The van der Waals surface area contributed by atoms with Gasteiger partial charge in [-0.2, -0.15) is 0 Å². The Labute approximate surface area is 93.9 Å². The molecule has 0 bridgehead atoms. The number of hydrogen-bond acceptors (Lipinski definition) is 2. The van der Waals surface area contributed by atoms with Gasteiger partial charge in [0.05, 0.1) is 0 Å². The number of nitrogens with zero attached hydrogens (tertiary/aromatic N) is 2. The van der Waals surface area contributed by atoms with Crippen molar-refractivity contribution in [3.63, 3.8) is 0 Å². The third-order valence-electron chi connectivity index (χ3n) is 4.71. The molecule has 86 valence electrons. The topological polar surface area (TPSA) is 6.48 Å². The molecule has 0 amide bonds. The van der Waals surface area contributed by atoms with Crippen LogP contribution in [-0.2, 0) is 0 Å². The van der Waals surface area contributed by atoms with Gasteiger partial charge in [-0.15, -0.1) is 0 Å². The first kappa shape index (κ1) is 11.2. The van der Waals surface area contributed by atoms with Crippen LogP contribution < -0.4 is 0 Å². The van der Waals surface area contributed by atoms with Gasteiger partial charge in [-0.3, -0.25) is 4.90 Å². The van der Waals surface area contributed by atoms with Crippen molar-refractivity contribution in [3.8, 4) is 0 Å². The SMILES string of the molecule is CC1C=C[C@@]1(C)[C@@H](C)N1CCN(C)CC1. The van der Waals surface area contributed by atoms with Gasteiger partial charge in [-0.1, -0.05) is 26.0 Å². The second-order valence-electron chi connectivity index (χ2n) is 5.53. The van der Waals surface area contributed by atoms with Gasteiger partial charge in [0.15, 0.2) is 0 Å². The molecule has 0 aromatic carbocycles. The van der Waals surface area contributed by atoms with Gasteiger partial charge in [0, 0.05) is 37.6 Å². The average molecular weight is 208 g/mol. The molecule has 15 heavy (non-hydrogen) atoms. The molecular formula is C13H24N2.